The smallest absolute Gasteiger partial charge is 0.375 e. The molecule has 0 fully saturated rings. The molecule has 1 heterocycles. The number of hydrogen-bond acceptors (Lipinski definition) is 4. The van der Waals surface area contributed by atoms with Crippen LogP contribution in [-0.4, -0.2) is 16.9 Å². The summed E-state index contributed by atoms with van der Waals surface area (Å²) in [6.45, 7) is 0. The number of hydrogen-bond donors (Lipinski definition) is 2. The lowest BCUT2D eigenvalue weighted by atomic mass is 9.97. The largest absolute Gasteiger partial charge is 0.416 e. The summed E-state index contributed by atoms with van der Waals surface area (Å²) in [5, 5.41) is 3.38. The Bertz CT molecular complexity index is 725. The summed E-state index contributed by atoms with van der Waals surface area (Å²) in [6, 6.07) is 4.15. The molecule has 4 nitrogen and oxygen atoms in total. The number of thiazole rings is 1. The van der Waals surface area contributed by atoms with Gasteiger partial charge in [-0.25, -0.2) is 4.98 Å². The molecule has 0 radical (unpaired) electrons. The van der Waals surface area contributed by atoms with E-state index in [0.29, 0.717) is 11.6 Å². The second-order valence-corrected chi connectivity index (χ2v) is 6.53. The lowest BCUT2D eigenvalue weighted by Crippen LogP contribution is -2.38. The molecule has 8 heteroatoms. The molecule has 0 aliphatic heterocycles. The number of nitrogen functional groups attached to an aromatic ring is 1. The summed E-state index contributed by atoms with van der Waals surface area (Å²) in [7, 11) is 0. The van der Waals surface area contributed by atoms with Crippen molar-refractivity contribution < 1.29 is 18.0 Å². The zero-order valence-corrected chi connectivity index (χ0v) is 12.8. The Hall–Kier alpha value is -2.09. The maximum absolute atomic E-state index is 12.5. The van der Waals surface area contributed by atoms with Crippen LogP contribution in [0.1, 0.15) is 32.9 Å². The molecule has 0 spiro atoms. The van der Waals surface area contributed by atoms with Gasteiger partial charge < -0.3 is 11.1 Å². The highest BCUT2D eigenvalue weighted by molar-refractivity contribution is 7.15. The second kappa shape index (κ2) is 5.84. The minimum Gasteiger partial charge on any atom is -0.375 e. The Morgan fingerprint density at radius 2 is 2.00 bits per heavy atom. The van der Waals surface area contributed by atoms with Crippen molar-refractivity contribution in [1.29, 1.82) is 0 Å². The number of nitrogens with two attached hydrogens (primary N) is 1. The number of halogens is 3. The van der Waals surface area contributed by atoms with Crippen LogP contribution in [0.3, 0.4) is 0 Å². The summed E-state index contributed by atoms with van der Waals surface area (Å²) in [5.41, 5.74) is 6.10. The van der Waals surface area contributed by atoms with Gasteiger partial charge in [0.05, 0.1) is 11.3 Å². The number of nitrogens with one attached hydrogen (secondary N) is 1. The van der Waals surface area contributed by atoms with Crippen molar-refractivity contribution in [3.05, 3.63) is 46.0 Å². The number of aromatic nitrogens is 1. The lowest BCUT2D eigenvalue weighted by Gasteiger charge is -2.22. The van der Waals surface area contributed by atoms with Crippen LogP contribution in [0.5, 0.6) is 0 Å². The third kappa shape index (κ3) is 3.47. The van der Waals surface area contributed by atoms with Crippen LogP contribution in [-0.2, 0) is 19.0 Å². The van der Waals surface area contributed by atoms with Crippen molar-refractivity contribution in [2.75, 3.05) is 5.73 Å². The Morgan fingerprint density at radius 1 is 1.30 bits per heavy atom. The molecule has 0 saturated carbocycles. The second-order valence-electron chi connectivity index (χ2n) is 5.41. The monoisotopic (exact) mass is 341 g/mol. The highest BCUT2D eigenvalue weighted by Gasteiger charge is 2.30. The van der Waals surface area contributed by atoms with Crippen LogP contribution in [0.4, 0.5) is 18.3 Å². The number of fused-ring (bicyclic) bond motifs is 1. The fraction of sp³-hybridized carbons (Fsp3) is 0.333. The molecule has 1 aliphatic rings. The minimum atomic E-state index is -4.40. The summed E-state index contributed by atoms with van der Waals surface area (Å²) in [4.78, 5) is 17.5. The van der Waals surface area contributed by atoms with Gasteiger partial charge in [0.25, 0.3) is 5.91 Å². The Morgan fingerprint density at radius 3 is 2.65 bits per heavy atom. The molecular weight excluding hydrogens is 327 g/mol. The molecular formula is C15H14F3N3OS. The number of carbonyl (C=O) groups excluding carboxylic acids is 1. The summed E-state index contributed by atoms with van der Waals surface area (Å²) < 4.78 is 37.6. The number of benzene rings is 1. The maximum atomic E-state index is 12.5. The fourth-order valence-electron chi connectivity index (χ4n) is 2.60. The molecule has 1 aromatic carbocycles. The van der Waals surface area contributed by atoms with Crippen LogP contribution in [0, 0.1) is 0 Å². The van der Waals surface area contributed by atoms with E-state index >= 15 is 0 Å². The fourth-order valence-corrected chi connectivity index (χ4v) is 3.56. The van der Waals surface area contributed by atoms with Crippen molar-refractivity contribution in [2.24, 2.45) is 0 Å². The van der Waals surface area contributed by atoms with Crippen LogP contribution < -0.4 is 11.1 Å². The molecule has 0 bridgehead atoms. The number of alkyl halides is 3. The molecule has 1 aromatic heterocycles. The lowest BCUT2D eigenvalue weighted by molar-refractivity contribution is -0.137. The van der Waals surface area contributed by atoms with E-state index in [0.717, 1.165) is 35.5 Å². The van der Waals surface area contributed by atoms with E-state index in [1.165, 1.54) is 23.5 Å². The molecule has 122 valence electrons. The standard InChI is InChI=1S/C15H14F3N3OS/c16-15(17,18)9-3-1-8(2-4-9)13(22)20-10-5-6-11-12(7-10)23-14(19)21-11/h1-4,10H,5-7H2,(H2,19,21)(H,20,22). The van der Waals surface area contributed by atoms with Gasteiger partial charge in [-0.2, -0.15) is 13.2 Å². The normalized spacial score (nSPS) is 17.6. The first-order chi connectivity index (χ1) is 10.8. The average Bonchev–Trinajstić information content (AvgIpc) is 2.86. The van der Waals surface area contributed by atoms with Crippen LogP contribution in [0.2, 0.25) is 0 Å². The highest BCUT2D eigenvalue weighted by atomic mass is 32.1. The van der Waals surface area contributed by atoms with E-state index < -0.39 is 11.7 Å². The molecule has 1 aliphatic carbocycles. The Labute approximate surface area is 134 Å². The molecule has 3 rings (SSSR count). The molecule has 0 saturated heterocycles. The topological polar surface area (TPSA) is 68.0 Å². The van der Waals surface area contributed by atoms with E-state index in [4.69, 9.17) is 5.73 Å². The molecule has 2 aromatic rings. The predicted molar refractivity (Wildman–Crippen MR) is 81.2 cm³/mol. The van der Waals surface area contributed by atoms with Gasteiger partial charge in [0.1, 0.15) is 0 Å². The molecule has 1 unspecified atom stereocenters. The number of amides is 1. The zero-order valence-electron chi connectivity index (χ0n) is 12.0. The Balaban J connectivity index is 1.66. The number of carbonyl (C=O) groups is 1. The van der Waals surface area contributed by atoms with Crippen molar-refractivity contribution >= 4 is 22.4 Å². The van der Waals surface area contributed by atoms with Gasteiger partial charge in [-0.15, -0.1) is 11.3 Å². The van der Waals surface area contributed by atoms with Gasteiger partial charge in [-0.3, -0.25) is 4.79 Å². The zero-order chi connectivity index (χ0) is 16.6. The third-order valence-electron chi connectivity index (χ3n) is 3.77. The van der Waals surface area contributed by atoms with Gasteiger partial charge in [-0.1, -0.05) is 0 Å². The summed E-state index contributed by atoms with van der Waals surface area (Å²) in [5.74, 6) is -0.371. The van der Waals surface area contributed by atoms with Crippen LogP contribution in [0.15, 0.2) is 24.3 Å². The van der Waals surface area contributed by atoms with E-state index in [9.17, 15) is 18.0 Å². The molecule has 1 amide bonds. The van der Waals surface area contributed by atoms with Gasteiger partial charge in [0.2, 0.25) is 0 Å². The van der Waals surface area contributed by atoms with Crippen LogP contribution in [0.25, 0.3) is 0 Å². The summed E-state index contributed by atoms with van der Waals surface area (Å²) >= 11 is 1.41. The van der Waals surface area contributed by atoms with E-state index in [1.807, 2.05) is 0 Å². The predicted octanol–water partition coefficient (Wildman–Crippen LogP) is 3.03. The van der Waals surface area contributed by atoms with Crippen molar-refractivity contribution in [3.63, 3.8) is 0 Å². The SMILES string of the molecule is Nc1nc2c(s1)CC(NC(=O)c1ccc(C(F)(F)F)cc1)CC2. The van der Waals surface area contributed by atoms with Gasteiger partial charge in [-0.05, 0) is 37.1 Å². The first-order valence-corrected chi connectivity index (χ1v) is 7.87. The van der Waals surface area contributed by atoms with Crippen LogP contribution >= 0.6 is 11.3 Å². The van der Waals surface area contributed by atoms with Gasteiger partial charge in [0.15, 0.2) is 5.13 Å². The van der Waals surface area contributed by atoms with Crippen molar-refractivity contribution in [1.82, 2.24) is 10.3 Å². The van der Waals surface area contributed by atoms with Crippen molar-refractivity contribution in [2.45, 2.75) is 31.5 Å². The molecule has 23 heavy (non-hydrogen) atoms. The molecule has 1 atom stereocenters. The number of anilines is 1. The first-order valence-electron chi connectivity index (χ1n) is 7.05. The van der Waals surface area contributed by atoms with Gasteiger partial charge in [0, 0.05) is 22.9 Å². The van der Waals surface area contributed by atoms with Gasteiger partial charge >= 0.3 is 6.18 Å². The highest BCUT2D eigenvalue weighted by Crippen LogP contribution is 2.30. The summed E-state index contributed by atoms with van der Waals surface area (Å²) in [6.07, 6.45) is -2.28. The third-order valence-corrected chi connectivity index (χ3v) is 4.71. The number of nitrogens with zero attached hydrogens (tertiary/aromatic N) is 1. The quantitative estimate of drug-likeness (QED) is 0.882. The Kier molecular flexibility index (Phi) is 4.01. The first kappa shape index (κ1) is 15.8. The van der Waals surface area contributed by atoms with E-state index in [1.54, 1.807) is 0 Å². The minimum absolute atomic E-state index is 0.0582. The van der Waals surface area contributed by atoms with E-state index in [2.05, 4.69) is 10.3 Å². The van der Waals surface area contributed by atoms with Crippen molar-refractivity contribution in [3.8, 4) is 0 Å². The van der Waals surface area contributed by atoms with E-state index in [-0.39, 0.29) is 17.5 Å². The average molecular weight is 341 g/mol. The maximum Gasteiger partial charge on any atom is 0.416 e. The molecule has 3 N–H and O–H groups in total. The number of aryl methyl sites for hydroxylation is 1. The number of rotatable bonds is 2.